The fourth-order valence-electron chi connectivity index (χ4n) is 3.45. The summed E-state index contributed by atoms with van der Waals surface area (Å²) >= 11 is 6.90. The van der Waals surface area contributed by atoms with Gasteiger partial charge in [0.05, 0.1) is 28.8 Å². The van der Waals surface area contributed by atoms with Crippen LogP contribution < -0.4 is 14.8 Å². The van der Waals surface area contributed by atoms with Gasteiger partial charge in [0.25, 0.3) is 17.1 Å². The largest absolute Gasteiger partial charge is 0.490 e. The number of imide groups is 1. The number of carbonyl (C=O) groups is 3. The van der Waals surface area contributed by atoms with Gasteiger partial charge in [0.15, 0.2) is 18.1 Å². The number of ether oxygens (including phenoxy) is 2. The molecule has 0 saturated carbocycles. The van der Waals surface area contributed by atoms with Crippen LogP contribution in [0.3, 0.4) is 0 Å². The molecule has 7 nitrogen and oxygen atoms in total. The zero-order valence-corrected chi connectivity index (χ0v) is 21.3. The summed E-state index contributed by atoms with van der Waals surface area (Å²) in [5, 5.41) is 2.69. The number of amides is 3. The Morgan fingerprint density at radius 1 is 1.05 bits per heavy atom. The minimum Gasteiger partial charge on any atom is -0.490 e. The van der Waals surface area contributed by atoms with Gasteiger partial charge in [-0.25, -0.2) is 4.39 Å². The normalized spacial score (nSPS) is 14.2. The average Bonchev–Trinajstić information content (AvgIpc) is 3.13. The van der Waals surface area contributed by atoms with E-state index in [-0.39, 0.29) is 18.1 Å². The third-order valence-electron chi connectivity index (χ3n) is 5.20. The lowest BCUT2D eigenvalue weighted by Gasteiger charge is -2.13. The lowest BCUT2D eigenvalue weighted by Crippen LogP contribution is -2.27. The number of halogens is 2. The Morgan fingerprint density at radius 3 is 2.54 bits per heavy atom. The van der Waals surface area contributed by atoms with Crippen molar-refractivity contribution in [1.82, 2.24) is 4.90 Å². The van der Waals surface area contributed by atoms with Crippen LogP contribution in [-0.4, -0.2) is 35.2 Å². The fraction of sp³-hybridized carbons (Fsp3) is 0.148. The molecule has 0 spiro atoms. The van der Waals surface area contributed by atoms with Crippen LogP contribution >= 0.6 is 23.4 Å². The van der Waals surface area contributed by atoms with Gasteiger partial charge in [-0.2, -0.15) is 0 Å². The lowest BCUT2D eigenvalue weighted by atomic mass is 10.1. The first-order valence-corrected chi connectivity index (χ1v) is 12.5. The minimum absolute atomic E-state index is 0.0511. The van der Waals surface area contributed by atoms with Crippen LogP contribution in [-0.2, 0) is 16.1 Å². The Hall–Kier alpha value is -3.82. The minimum atomic E-state index is -0.436. The lowest BCUT2D eigenvalue weighted by molar-refractivity contribution is -0.123. The van der Waals surface area contributed by atoms with Crippen LogP contribution in [0.5, 0.6) is 11.5 Å². The van der Waals surface area contributed by atoms with Crippen LogP contribution in [0.25, 0.3) is 6.08 Å². The number of anilines is 1. The molecule has 10 heteroatoms. The van der Waals surface area contributed by atoms with Gasteiger partial charge in [-0.1, -0.05) is 41.9 Å². The van der Waals surface area contributed by atoms with Gasteiger partial charge in [0.2, 0.25) is 0 Å². The number of benzene rings is 3. The van der Waals surface area contributed by atoms with Gasteiger partial charge in [-0.3, -0.25) is 19.3 Å². The van der Waals surface area contributed by atoms with Crippen LogP contribution in [0.4, 0.5) is 14.9 Å². The van der Waals surface area contributed by atoms with E-state index in [9.17, 15) is 18.8 Å². The van der Waals surface area contributed by atoms with Crippen molar-refractivity contribution in [3.63, 3.8) is 0 Å². The first-order chi connectivity index (χ1) is 17.8. The predicted octanol–water partition coefficient (Wildman–Crippen LogP) is 6.13. The topological polar surface area (TPSA) is 84.9 Å². The Balaban J connectivity index is 1.44. The molecule has 1 aliphatic heterocycles. The molecule has 3 aromatic carbocycles. The highest BCUT2D eigenvalue weighted by Gasteiger charge is 2.35. The molecule has 0 radical (unpaired) electrons. The molecule has 4 rings (SSSR count). The third-order valence-corrected chi connectivity index (χ3v) is 6.44. The molecule has 1 saturated heterocycles. The van der Waals surface area contributed by atoms with Crippen molar-refractivity contribution in [3.05, 3.63) is 93.6 Å². The maximum absolute atomic E-state index is 13.2. The molecule has 3 amide bonds. The first-order valence-electron chi connectivity index (χ1n) is 11.3. The van der Waals surface area contributed by atoms with E-state index in [1.165, 1.54) is 24.3 Å². The van der Waals surface area contributed by atoms with Crippen molar-refractivity contribution in [3.8, 4) is 11.5 Å². The van der Waals surface area contributed by atoms with Gasteiger partial charge in [0.1, 0.15) is 5.82 Å². The van der Waals surface area contributed by atoms with Gasteiger partial charge >= 0.3 is 0 Å². The van der Waals surface area contributed by atoms with E-state index in [0.29, 0.717) is 39.9 Å². The van der Waals surface area contributed by atoms with Gasteiger partial charge in [-0.15, -0.1) is 0 Å². The first kappa shape index (κ1) is 26.2. The average molecular weight is 541 g/mol. The smallest absolute Gasteiger partial charge is 0.293 e. The molecule has 190 valence electrons. The van der Waals surface area contributed by atoms with E-state index < -0.39 is 22.9 Å². The van der Waals surface area contributed by atoms with Crippen molar-refractivity contribution in [2.24, 2.45) is 0 Å². The Kier molecular flexibility index (Phi) is 8.47. The summed E-state index contributed by atoms with van der Waals surface area (Å²) in [4.78, 5) is 39.0. The third kappa shape index (κ3) is 6.69. The van der Waals surface area contributed by atoms with Crippen molar-refractivity contribution in [2.75, 3.05) is 18.5 Å². The van der Waals surface area contributed by atoms with Crippen LogP contribution in [0.2, 0.25) is 5.02 Å². The summed E-state index contributed by atoms with van der Waals surface area (Å²) in [5.74, 6) is -0.495. The highest BCUT2D eigenvalue weighted by atomic mass is 35.5. The molecule has 0 bridgehead atoms. The number of rotatable bonds is 9. The fourth-order valence-corrected chi connectivity index (χ4v) is 4.48. The molecular weight excluding hydrogens is 519 g/mol. The van der Waals surface area contributed by atoms with Crippen molar-refractivity contribution < 1.29 is 28.2 Å². The molecule has 1 aliphatic rings. The molecule has 0 aliphatic carbocycles. The number of hydrogen-bond acceptors (Lipinski definition) is 6. The molecule has 37 heavy (non-hydrogen) atoms. The number of nitrogens with one attached hydrogen (secondary N) is 1. The van der Waals surface area contributed by atoms with Gasteiger partial charge < -0.3 is 14.8 Å². The Labute approximate surface area is 222 Å². The standard InChI is InChI=1S/C27H22ClFN2O5S/c1-2-35-23-13-18(9-12-22(23)36-16-25(32)30-21-6-4-3-5-20(21)28)14-24-26(33)31(27(34)37-24)15-17-7-10-19(29)11-8-17/h3-14H,2,15-16H2,1H3,(H,30,32)/b24-14-. The second kappa shape index (κ2) is 11.9. The molecule has 0 atom stereocenters. The summed E-state index contributed by atoms with van der Waals surface area (Å²) in [6, 6.07) is 17.5. The molecule has 1 heterocycles. The Morgan fingerprint density at radius 2 is 1.81 bits per heavy atom. The van der Waals surface area contributed by atoms with Crippen molar-refractivity contribution in [1.29, 1.82) is 0 Å². The van der Waals surface area contributed by atoms with Gasteiger partial charge in [0, 0.05) is 0 Å². The van der Waals surface area contributed by atoms with Crippen LogP contribution in [0.15, 0.2) is 71.6 Å². The number of thioether (sulfide) groups is 1. The second-order valence-corrected chi connectivity index (χ2v) is 9.25. The summed E-state index contributed by atoms with van der Waals surface area (Å²) < 4.78 is 24.5. The molecule has 3 aromatic rings. The van der Waals surface area contributed by atoms with Crippen LogP contribution in [0, 0.1) is 5.82 Å². The number of nitrogens with zero attached hydrogens (tertiary/aromatic N) is 1. The number of carbonyl (C=O) groups excluding carboxylic acids is 3. The maximum Gasteiger partial charge on any atom is 0.293 e. The zero-order valence-electron chi connectivity index (χ0n) is 19.7. The molecular formula is C27H22ClFN2O5S. The van der Waals surface area contributed by atoms with E-state index >= 15 is 0 Å². The highest BCUT2D eigenvalue weighted by molar-refractivity contribution is 8.18. The molecule has 1 N–H and O–H groups in total. The molecule has 0 aromatic heterocycles. The summed E-state index contributed by atoms with van der Waals surface area (Å²) in [7, 11) is 0. The zero-order chi connectivity index (χ0) is 26.4. The van der Waals surface area contributed by atoms with E-state index in [1.54, 1.807) is 55.5 Å². The Bertz CT molecular complexity index is 1360. The number of para-hydroxylation sites is 1. The second-order valence-electron chi connectivity index (χ2n) is 7.85. The van der Waals surface area contributed by atoms with Gasteiger partial charge in [-0.05, 0) is 72.3 Å². The number of hydrogen-bond donors (Lipinski definition) is 1. The maximum atomic E-state index is 13.2. The summed E-state index contributed by atoms with van der Waals surface area (Å²) in [5.41, 5.74) is 1.73. The highest BCUT2D eigenvalue weighted by Crippen LogP contribution is 2.35. The quantitative estimate of drug-likeness (QED) is 0.329. The summed E-state index contributed by atoms with van der Waals surface area (Å²) in [6.07, 6.45) is 1.59. The van der Waals surface area contributed by atoms with E-state index in [2.05, 4.69) is 5.32 Å². The monoisotopic (exact) mass is 540 g/mol. The summed E-state index contributed by atoms with van der Waals surface area (Å²) in [6.45, 7) is 1.93. The predicted molar refractivity (Wildman–Crippen MR) is 141 cm³/mol. The van der Waals surface area contributed by atoms with E-state index in [1.807, 2.05) is 0 Å². The van der Waals surface area contributed by atoms with Crippen LogP contribution in [0.1, 0.15) is 18.1 Å². The van der Waals surface area contributed by atoms with Crippen molar-refractivity contribution >= 4 is 52.2 Å². The van der Waals surface area contributed by atoms with E-state index in [4.69, 9.17) is 21.1 Å². The molecule has 1 fully saturated rings. The molecule has 0 unspecified atom stereocenters. The van der Waals surface area contributed by atoms with Crippen molar-refractivity contribution in [2.45, 2.75) is 13.5 Å². The van der Waals surface area contributed by atoms with E-state index in [0.717, 1.165) is 16.7 Å². The SMILES string of the molecule is CCOc1cc(/C=C2\SC(=O)N(Cc3ccc(F)cc3)C2=O)ccc1OCC(=O)Nc1ccccc1Cl.